The summed E-state index contributed by atoms with van der Waals surface area (Å²) in [7, 11) is -1.20. The van der Waals surface area contributed by atoms with Crippen molar-refractivity contribution < 1.29 is 18.8 Å². The Labute approximate surface area is 198 Å². The first-order chi connectivity index (χ1) is 15.5. The van der Waals surface area contributed by atoms with Crippen LogP contribution < -0.4 is 10.1 Å². The zero-order chi connectivity index (χ0) is 23.4. The van der Waals surface area contributed by atoms with Crippen molar-refractivity contribution in [3.8, 4) is 5.75 Å². The fraction of sp³-hybridized carbons (Fsp3) is 0.731. The highest BCUT2D eigenvalue weighted by molar-refractivity contribution is 7.84. The number of hydrogen-bond donors (Lipinski definition) is 2. The Hall–Kier alpha value is -1.56. The Morgan fingerprint density at radius 2 is 1.28 bits per heavy atom. The summed E-state index contributed by atoms with van der Waals surface area (Å²) >= 11 is 0. The molecule has 0 fully saturated rings. The third-order valence-electron chi connectivity index (χ3n) is 5.73. The molecule has 0 bridgehead atoms. The maximum atomic E-state index is 11.7. The molecule has 0 saturated heterocycles. The molecule has 1 atom stereocenters. The zero-order valence-electron chi connectivity index (χ0n) is 20.3. The Kier molecular flexibility index (Phi) is 16.9. The Balaban J connectivity index is 2.00. The van der Waals surface area contributed by atoms with Crippen LogP contribution in [0.1, 0.15) is 110 Å². The van der Waals surface area contributed by atoms with Crippen molar-refractivity contribution in [3.63, 3.8) is 0 Å². The lowest BCUT2D eigenvalue weighted by molar-refractivity contribution is 0.209. The molecule has 32 heavy (non-hydrogen) atoms. The van der Waals surface area contributed by atoms with Gasteiger partial charge in [-0.25, -0.2) is 4.79 Å². The van der Waals surface area contributed by atoms with Gasteiger partial charge in [0.1, 0.15) is 5.75 Å². The van der Waals surface area contributed by atoms with Crippen LogP contribution in [0.4, 0.5) is 10.5 Å². The van der Waals surface area contributed by atoms with Crippen LogP contribution in [-0.2, 0) is 10.8 Å². The molecule has 0 spiro atoms. The average molecular weight is 468 g/mol. The van der Waals surface area contributed by atoms with Crippen molar-refractivity contribution in [2.45, 2.75) is 115 Å². The second-order valence-electron chi connectivity index (χ2n) is 8.73. The molecule has 0 heterocycles. The highest BCUT2D eigenvalue weighted by Crippen LogP contribution is 2.23. The van der Waals surface area contributed by atoms with E-state index in [0.717, 1.165) is 12.8 Å². The topological polar surface area (TPSA) is 75.6 Å². The molecule has 1 amide bonds. The van der Waals surface area contributed by atoms with Gasteiger partial charge in [-0.15, -0.1) is 0 Å². The van der Waals surface area contributed by atoms with Gasteiger partial charge in [0.25, 0.3) is 0 Å². The molecule has 1 aromatic carbocycles. The van der Waals surface area contributed by atoms with E-state index in [1.807, 2.05) is 0 Å². The summed E-state index contributed by atoms with van der Waals surface area (Å²) in [5.41, 5.74) is 0.382. The summed E-state index contributed by atoms with van der Waals surface area (Å²) in [6.45, 7) is 2.86. The lowest BCUT2D eigenvalue weighted by Crippen LogP contribution is -2.08. The monoisotopic (exact) mass is 467 g/mol. The molecule has 0 aliphatic rings. The number of anilines is 1. The summed E-state index contributed by atoms with van der Waals surface area (Å²) in [6.07, 6.45) is 21.7. The lowest BCUT2D eigenvalue weighted by Gasteiger charge is -2.10. The smallest absolute Gasteiger partial charge is 0.409 e. The molecule has 2 N–H and O–H groups in total. The van der Waals surface area contributed by atoms with Gasteiger partial charge >= 0.3 is 6.09 Å². The highest BCUT2D eigenvalue weighted by Gasteiger charge is 2.07. The Bertz CT molecular complexity index is 651. The number of amides is 1. The first-order valence-corrected chi connectivity index (χ1v) is 14.2. The molecule has 6 heteroatoms. The fourth-order valence-corrected chi connectivity index (χ4v) is 4.43. The SMILES string of the molecule is CCCCCCCCCCCCCCCCCCOc1cc(NC(=O)O)cc(S(C)=O)c1. The Morgan fingerprint density at radius 1 is 0.812 bits per heavy atom. The van der Waals surface area contributed by atoms with Gasteiger partial charge in [0.15, 0.2) is 0 Å². The van der Waals surface area contributed by atoms with Gasteiger partial charge in [0.05, 0.1) is 6.61 Å². The van der Waals surface area contributed by atoms with Crippen LogP contribution in [-0.4, -0.2) is 28.3 Å². The second kappa shape index (κ2) is 19.0. The number of benzene rings is 1. The molecular formula is C26H45NO4S. The molecule has 0 aliphatic carbocycles. The van der Waals surface area contributed by atoms with Crippen LogP contribution in [0.25, 0.3) is 0 Å². The van der Waals surface area contributed by atoms with E-state index in [1.165, 1.54) is 89.9 Å². The maximum absolute atomic E-state index is 11.7. The van der Waals surface area contributed by atoms with Crippen molar-refractivity contribution in [1.29, 1.82) is 0 Å². The third kappa shape index (κ3) is 15.3. The molecule has 0 saturated carbocycles. The number of unbranched alkanes of at least 4 members (excludes halogenated alkanes) is 15. The van der Waals surface area contributed by atoms with Crippen molar-refractivity contribution >= 4 is 22.6 Å². The minimum absolute atomic E-state index is 0.382. The van der Waals surface area contributed by atoms with Crippen LogP contribution in [0.3, 0.4) is 0 Å². The number of carbonyl (C=O) groups is 1. The summed E-state index contributed by atoms with van der Waals surface area (Å²) < 4.78 is 17.5. The molecular weight excluding hydrogens is 422 g/mol. The standard InChI is InChI=1S/C26H45NO4S/c1-3-4-5-6-7-8-9-10-11-12-13-14-15-16-17-18-19-31-24-20-23(27-26(28)29)21-25(22-24)32(2)30/h20-22,27H,3-19H2,1-2H3,(H,28,29). The average Bonchev–Trinajstić information content (AvgIpc) is 2.75. The van der Waals surface area contributed by atoms with Gasteiger partial charge in [0.2, 0.25) is 0 Å². The third-order valence-corrected chi connectivity index (χ3v) is 6.63. The van der Waals surface area contributed by atoms with Crippen LogP contribution in [0.15, 0.2) is 23.1 Å². The first kappa shape index (κ1) is 28.5. The first-order valence-electron chi connectivity index (χ1n) is 12.6. The van der Waals surface area contributed by atoms with E-state index in [0.29, 0.717) is 22.9 Å². The van der Waals surface area contributed by atoms with Gasteiger partial charge in [-0.2, -0.15) is 0 Å². The van der Waals surface area contributed by atoms with Crippen molar-refractivity contribution in [2.24, 2.45) is 0 Å². The van der Waals surface area contributed by atoms with Crippen LogP contribution in [0, 0.1) is 0 Å². The van der Waals surface area contributed by atoms with Gasteiger partial charge in [-0.1, -0.05) is 103 Å². The summed E-state index contributed by atoms with van der Waals surface area (Å²) in [4.78, 5) is 11.4. The molecule has 184 valence electrons. The molecule has 0 radical (unpaired) electrons. The van der Waals surface area contributed by atoms with Crippen LogP contribution in [0.2, 0.25) is 0 Å². The zero-order valence-corrected chi connectivity index (χ0v) is 21.1. The van der Waals surface area contributed by atoms with E-state index < -0.39 is 16.9 Å². The predicted molar refractivity (Wildman–Crippen MR) is 135 cm³/mol. The van der Waals surface area contributed by atoms with E-state index in [9.17, 15) is 9.00 Å². The summed E-state index contributed by atoms with van der Waals surface area (Å²) in [5.74, 6) is 0.558. The molecule has 1 aromatic rings. The van der Waals surface area contributed by atoms with Gasteiger partial charge in [-0.05, 0) is 18.6 Å². The number of carboxylic acid groups (broad SMARTS) is 1. The Morgan fingerprint density at radius 3 is 1.72 bits per heavy atom. The molecule has 0 aromatic heterocycles. The second-order valence-corrected chi connectivity index (χ2v) is 10.1. The van der Waals surface area contributed by atoms with Crippen molar-refractivity contribution in [3.05, 3.63) is 18.2 Å². The number of hydrogen-bond acceptors (Lipinski definition) is 3. The summed E-state index contributed by atoms with van der Waals surface area (Å²) in [6, 6.07) is 4.93. The minimum Gasteiger partial charge on any atom is -0.493 e. The summed E-state index contributed by atoms with van der Waals surface area (Å²) in [5, 5.41) is 11.2. The van der Waals surface area contributed by atoms with E-state index in [1.54, 1.807) is 24.5 Å². The van der Waals surface area contributed by atoms with Crippen molar-refractivity contribution in [2.75, 3.05) is 18.2 Å². The molecule has 1 rings (SSSR count). The largest absolute Gasteiger partial charge is 0.493 e. The van der Waals surface area contributed by atoms with Crippen molar-refractivity contribution in [1.82, 2.24) is 0 Å². The van der Waals surface area contributed by atoms with E-state index in [-0.39, 0.29) is 0 Å². The van der Waals surface area contributed by atoms with Gasteiger partial charge in [0, 0.05) is 33.7 Å². The number of rotatable bonds is 20. The van der Waals surface area contributed by atoms with Crippen LogP contribution >= 0.6 is 0 Å². The number of nitrogens with one attached hydrogen (secondary N) is 1. The van der Waals surface area contributed by atoms with E-state index in [4.69, 9.17) is 9.84 Å². The fourth-order valence-electron chi connectivity index (χ4n) is 3.86. The normalized spacial score (nSPS) is 11.9. The molecule has 0 aliphatic heterocycles. The van der Waals surface area contributed by atoms with Gasteiger partial charge in [-0.3, -0.25) is 9.53 Å². The quantitative estimate of drug-likeness (QED) is 0.190. The van der Waals surface area contributed by atoms with E-state index in [2.05, 4.69) is 12.2 Å². The molecule has 1 unspecified atom stereocenters. The maximum Gasteiger partial charge on any atom is 0.409 e. The van der Waals surface area contributed by atoms with Gasteiger partial charge < -0.3 is 9.84 Å². The molecule has 5 nitrogen and oxygen atoms in total. The lowest BCUT2D eigenvalue weighted by atomic mass is 10.0. The van der Waals surface area contributed by atoms with Crippen LogP contribution in [0.5, 0.6) is 5.75 Å². The highest BCUT2D eigenvalue weighted by atomic mass is 32.2. The van der Waals surface area contributed by atoms with E-state index >= 15 is 0 Å². The predicted octanol–water partition coefficient (Wildman–Crippen LogP) is 8.15. The number of ether oxygens (including phenoxy) is 1. The minimum atomic E-state index is -1.20.